The SMILES string of the molecule is CC/C=C\C/C=C\C/C=C\C/C=C\C/C=C\C/C=C\CCC(=O)OC(CCCCCC)CCCCCCC(=O)NCC(=O)NC(CO)C(=O)O. The zero-order valence-corrected chi connectivity index (χ0v) is 30.9. The van der Waals surface area contributed by atoms with Crippen LogP contribution in [-0.2, 0) is 23.9 Å². The molecule has 4 N–H and O–H groups in total. The Hall–Kier alpha value is -3.72. The monoisotopic (exact) mass is 698 g/mol. The minimum Gasteiger partial charge on any atom is -0.480 e. The van der Waals surface area contributed by atoms with Gasteiger partial charge in [-0.1, -0.05) is 119 Å². The van der Waals surface area contributed by atoms with E-state index in [9.17, 15) is 19.2 Å². The Labute approximate surface area is 302 Å². The predicted octanol–water partition coefficient (Wildman–Crippen LogP) is 8.37. The zero-order chi connectivity index (χ0) is 36.9. The van der Waals surface area contributed by atoms with Gasteiger partial charge in [0.25, 0.3) is 0 Å². The van der Waals surface area contributed by atoms with Crippen LogP contribution in [0.2, 0.25) is 0 Å². The van der Waals surface area contributed by atoms with E-state index in [-0.39, 0.29) is 30.9 Å². The second-order valence-corrected chi connectivity index (χ2v) is 12.3. The molecule has 0 rings (SSSR count). The van der Waals surface area contributed by atoms with Crippen molar-refractivity contribution in [1.29, 1.82) is 0 Å². The normalized spacial score (nSPS) is 13.3. The summed E-state index contributed by atoms with van der Waals surface area (Å²) in [5, 5.41) is 22.4. The molecular formula is C41H66N2O7. The maximum absolute atomic E-state index is 12.6. The second-order valence-electron chi connectivity index (χ2n) is 12.3. The summed E-state index contributed by atoms with van der Waals surface area (Å²) in [6, 6.07) is -1.39. The number of ether oxygens (including phenoxy) is 1. The fourth-order valence-corrected chi connectivity index (χ4v) is 4.86. The first-order valence-electron chi connectivity index (χ1n) is 18.8. The highest BCUT2D eigenvalue weighted by atomic mass is 16.5. The molecule has 9 heteroatoms. The zero-order valence-electron chi connectivity index (χ0n) is 30.9. The van der Waals surface area contributed by atoms with Crippen LogP contribution in [0.3, 0.4) is 0 Å². The first-order chi connectivity index (χ1) is 24.3. The number of aliphatic hydroxyl groups excluding tert-OH is 1. The summed E-state index contributed by atoms with van der Waals surface area (Å²) in [5.74, 6) is -2.45. The summed E-state index contributed by atoms with van der Waals surface area (Å²) in [6.07, 6.45) is 42.5. The summed E-state index contributed by atoms with van der Waals surface area (Å²) in [7, 11) is 0. The van der Waals surface area contributed by atoms with Crippen molar-refractivity contribution >= 4 is 23.8 Å². The van der Waals surface area contributed by atoms with Crippen molar-refractivity contribution in [2.75, 3.05) is 13.2 Å². The average molecular weight is 699 g/mol. The average Bonchev–Trinajstić information content (AvgIpc) is 3.10. The van der Waals surface area contributed by atoms with Crippen molar-refractivity contribution in [3.05, 3.63) is 72.9 Å². The minimum absolute atomic E-state index is 0.0833. The number of unbranched alkanes of at least 4 members (excludes halogenated alkanes) is 6. The molecule has 0 saturated carbocycles. The van der Waals surface area contributed by atoms with E-state index >= 15 is 0 Å². The molecule has 2 unspecified atom stereocenters. The summed E-state index contributed by atoms with van der Waals surface area (Å²) in [4.78, 5) is 47.2. The highest BCUT2D eigenvalue weighted by Crippen LogP contribution is 2.17. The van der Waals surface area contributed by atoms with E-state index in [1.165, 1.54) is 6.42 Å². The number of carboxylic acid groups (broad SMARTS) is 1. The van der Waals surface area contributed by atoms with Crippen LogP contribution < -0.4 is 10.6 Å². The minimum atomic E-state index is -1.39. The molecule has 0 aliphatic carbocycles. The van der Waals surface area contributed by atoms with Gasteiger partial charge in [0.05, 0.1) is 13.2 Å². The Kier molecular flexibility index (Phi) is 32.5. The number of aliphatic hydroxyl groups is 1. The van der Waals surface area contributed by atoms with Crippen LogP contribution in [-0.4, -0.2) is 59.3 Å². The summed E-state index contributed by atoms with van der Waals surface area (Å²) in [5.41, 5.74) is 0. The number of aliphatic carboxylic acids is 1. The van der Waals surface area contributed by atoms with E-state index in [0.717, 1.165) is 89.9 Å². The summed E-state index contributed by atoms with van der Waals surface area (Å²) in [6.45, 7) is 3.25. The van der Waals surface area contributed by atoms with Crippen LogP contribution in [0, 0.1) is 0 Å². The van der Waals surface area contributed by atoms with Crippen molar-refractivity contribution in [2.45, 2.75) is 148 Å². The first kappa shape index (κ1) is 46.3. The Bertz CT molecular complexity index is 1070. The van der Waals surface area contributed by atoms with Gasteiger partial charge in [-0.2, -0.15) is 0 Å². The molecule has 0 aromatic rings. The molecule has 0 aliphatic rings. The Morgan fingerprint density at radius 3 is 1.62 bits per heavy atom. The molecule has 0 heterocycles. The fourth-order valence-electron chi connectivity index (χ4n) is 4.86. The topological polar surface area (TPSA) is 142 Å². The number of hydrogen-bond donors (Lipinski definition) is 4. The lowest BCUT2D eigenvalue weighted by Crippen LogP contribution is -2.47. The molecule has 0 spiro atoms. The van der Waals surface area contributed by atoms with Crippen LogP contribution in [0.25, 0.3) is 0 Å². The van der Waals surface area contributed by atoms with E-state index in [1.807, 2.05) is 6.08 Å². The summed E-state index contributed by atoms with van der Waals surface area (Å²) < 4.78 is 5.86. The number of hydrogen-bond acceptors (Lipinski definition) is 6. The maximum Gasteiger partial charge on any atom is 0.328 e. The highest BCUT2D eigenvalue weighted by Gasteiger charge is 2.19. The van der Waals surface area contributed by atoms with Gasteiger partial charge in [0, 0.05) is 12.8 Å². The third-order valence-electron chi connectivity index (χ3n) is 7.73. The van der Waals surface area contributed by atoms with Crippen molar-refractivity contribution in [1.82, 2.24) is 10.6 Å². The molecule has 0 aromatic heterocycles. The number of carbonyl (C=O) groups excluding carboxylic acids is 3. The van der Waals surface area contributed by atoms with Gasteiger partial charge in [-0.25, -0.2) is 4.79 Å². The van der Waals surface area contributed by atoms with Crippen LogP contribution in [0.5, 0.6) is 0 Å². The lowest BCUT2D eigenvalue weighted by molar-refractivity contribution is -0.149. The van der Waals surface area contributed by atoms with Crippen molar-refractivity contribution in [3.63, 3.8) is 0 Å². The van der Waals surface area contributed by atoms with E-state index in [4.69, 9.17) is 14.9 Å². The molecule has 0 fully saturated rings. The number of esters is 1. The van der Waals surface area contributed by atoms with Crippen LogP contribution in [0.15, 0.2) is 72.9 Å². The van der Waals surface area contributed by atoms with E-state index in [0.29, 0.717) is 19.3 Å². The molecule has 0 aliphatic heterocycles. The Morgan fingerprint density at radius 1 is 0.620 bits per heavy atom. The third kappa shape index (κ3) is 31.5. The Balaban J connectivity index is 4.19. The number of carbonyl (C=O) groups is 4. The standard InChI is InChI=1S/C41H66N2O7/c1-3-5-7-9-10-11-12-13-14-15-16-17-18-19-20-21-22-23-29-33-40(47)50-36(30-26-8-6-4-2)31-27-24-25-28-32-38(45)42-34-39(46)43-37(35-44)41(48)49/h5,7,10-11,13-14,16-17,19-20,22-23,36-37,44H,3-4,6,8-9,12,15,18,21,24-35H2,1-2H3,(H,42,45)(H,43,46)(H,48,49)/b7-5-,11-10-,14-13-,17-16-,20-19-,23-22-. The molecule has 282 valence electrons. The van der Waals surface area contributed by atoms with Gasteiger partial charge in [-0.3, -0.25) is 14.4 Å². The molecule has 2 amide bonds. The van der Waals surface area contributed by atoms with Crippen LogP contribution in [0.4, 0.5) is 0 Å². The summed E-state index contributed by atoms with van der Waals surface area (Å²) >= 11 is 0. The van der Waals surface area contributed by atoms with Crippen molar-refractivity contribution in [2.24, 2.45) is 0 Å². The number of amides is 2. The molecule has 0 saturated heterocycles. The van der Waals surface area contributed by atoms with Crippen molar-refractivity contribution in [3.8, 4) is 0 Å². The van der Waals surface area contributed by atoms with Gasteiger partial charge < -0.3 is 25.6 Å². The molecule has 9 nitrogen and oxygen atoms in total. The van der Waals surface area contributed by atoms with Crippen LogP contribution >= 0.6 is 0 Å². The van der Waals surface area contributed by atoms with Crippen LogP contribution in [0.1, 0.15) is 136 Å². The first-order valence-corrected chi connectivity index (χ1v) is 18.8. The highest BCUT2D eigenvalue weighted by molar-refractivity contribution is 5.87. The lowest BCUT2D eigenvalue weighted by Gasteiger charge is -2.18. The van der Waals surface area contributed by atoms with Gasteiger partial charge >= 0.3 is 11.9 Å². The smallest absolute Gasteiger partial charge is 0.328 e. The fraction of sp³-hybridized carbons (Fsp3) is 0.610. The number of nitrogens with one attached hydrogen (secondary N) is 2. The molecule has 0 aromatic carbocycles. The number of allylic oxidation sites excluding steroid dienone is 12. The van der Waals surface area contributed by atoms with Gasteiger partial charge in [-0.15, -0.1) is 0 Å². The maximum atomic E-state index is 12.6. The third-order valence-corrected chi connectivity index (χ3v) is 7.73. The van der Waals surface area contributed by atoms with Gasteiger partial charge in [0.15, 0.2) is 0 Å². The largest absolute Gasteiger partial charge is 0.480 e. The quantitative estimate of drug-likeness (QED) is 0.0314. The second kappa shape index (κ2) is 35.1. The van der Waals surface area contributed by atoms with E-state index in [2.05, 4.69) is 91.3 Å². The van der Waals surface area contributed by atoms with E-state index in [1.54, 1.807) is 0 Å². The lowest BCUT2D eigenvalue weighted by atomic mass is 10.0. The molecule has 0 bridgehead atoms. The molecule has 2 atom stereocenters. The Morgan fingerprint density at radius 2 is 1.12 bits per heavy atom. The molecule has 0 radical (unpaired) electrons. The predicted molar refractivity (Wildman–Crippen MR) is 203 cm³/mol. The van der Waals surface area contributed by atoms with Crippen molar-refractivity contribution < 1.29 is 34.1 Å². The van der Waals surface area contributed by atoms with E-state index < -0.39 is 24.5 Å². The number of carboxylic acids is 1. The molecular weight excluding hydrogens is 632 g/mol. The van der Waals surface area contributed by atoms with Gasteiger partial charge in [-0.05, 0) is 77.0 Å². The number of rotatable bonds is 32. The van der Waals surface area contributed by atoms with Gasteiger partial charge in [0.2, 0.25) is 11.8 Å². The van der Waals surface area contributed by atoms with Gasteiger partial charge in [0.1, 0.15) is 12.1 Å². The molecule has 50 heavy (non-hydrogen) atoms.